The Morgan fingerprint density at radius 2 is 0.912 bits per heavy atom. The second-order valence-corrected chi connectivity index (χ2v) is 7.14. The third kappa shape index (κ3) is 6.01. The van der Waals surface area contributed by atoms with Crippen molar-refractivity contribution in [2.75, 3.05) is 14.2 Å². The lowest BCUT2D eigenvalue weighted by Gasteiger charge is -2.10. The maximum absolute atomic E-state index is 5.89. The van der Waals surface area contributed by atoms with Crippen LogP contribution in [0.2, 0.25) is 0 Å². The van der Waals surface area contributed by atoms with Crippen LogP contribution in [-0.4, -0.2) is 26.6 Å². The van der Waals surface area contributed by atoms with E-state index in [-0.39, 0.29) is 0 Å². The molecule has 4 aromatic carbocycles. The lowest BCUT2D eigenvalue weighted by molar-refractivity contribution is 0.379. The first kappa shape index (κ1) is 22.6. The number of nitrogens with zero attached hydrogens (tertiary/aromatic N) is 2. The summed E-state index contributed by atoms with van der Waals surface area (Å²) in [5.74, 6) is 3.94. The predicted molar refractivity (Wildman–Crippen MR) is 134 cm³/mol. The molecule has 6 nitrogen and oxygen atoms in total. The lowest BCUT2D eigenvalue weighted by atomic mass is 10.2. The molecule has 0 aliphatic rings. The fraction of sp³-hybridized carbons (Fsp3) is 0.0714. The molecular weight excluding hydrogens is 428 g/mol. The van der Waals surface area contributed by atoms with Crippen LogP contribution in [0.15, 0.2) is 107 Å². The van der Waals surface area contributed by atoms with Gasteiger partial charge in [0.15, 0.2) is 23.0 Å². The van der Waals surface area contributed by atoms with Gasteiger partial charge in [-0.15, -0.1) is 0 Å². The van der Waals surface area contributed by atoms with Crippen molar-refractivity contribution in [2.24, 2.45) is 10.2 Å². The molecule has 0 saturated heterocycles. The van der Waals surface area contributed by atoms with Crippen molar-refractivity contribution >= 4 is 12.4 Å². The minimum absolute atomic E-state index is 0.607. The van der Waals surface area contributed by atoms with Crippen LogP contribution in [0.4, 0.5) is 0 Å². The molecule has 34 heavy (non-hydrogen) atoms. The van der Waals surface area contributed by atoms with Crippen LogP contribution in [0.1, 0.15) is 11.1 Å². The quantitative estimate of drug-likeness (QED) is 0.208. The standard InChI is InChI=1S/C28H24N2O4/c1-31-27-17-21(13-15-25(27)33-23-9-5-3-6-10-23)19-29-30-20-22-14-16-26(28(18-22)32-2)34-24-11-7-4-8-12-24/h3-20H,1-2H3/b29-19+,30-20+. The molecular formula is C28H24N2O4. The highest BCUT2D eigenvalue weighted by Gasteiger charge is 2.07. The zero-order chi connectivity index (χ0) is 23.6. The summed E-state index contributed by atoms with van der Waals surface area (Å²) in [6.45, 7) is 0. The van der Waals surface area contributed by atoms with Gasteiger partial charge in [0.05, 0.1) is 26.6 Å². The first-order chi connectivity index (χ1) is 16.7. The van der Waals surface area contributed by atoms with Crippen LogP contribution in [0.5, 0.6) is 34.5 Å². The van der Waals surface area contributed by atoms with Gasteiger partial charge in [-0.2, -0.15) is 10.2 Å². The van der Waals surface area contributed by atoms with Gasteiger partial charge >= 0.3 is 0 Å². The molecule has 0 bridgehead atoms. The number of para-hydroxylation sites is 2. The minimum atomic E-state index is 0.607. The monoisotopic (exact) mass is 452 g/mol. The van der Waals surface area contributed by atoms with Gasteiger partial charge in [-0.05, 0) is 71.8 Å². The Kier molecular flexibility index (Phi) is 7.54. The summed E-state index contributed by atoms with van der Waals surface area (Å²) < 4.78 is 22.7. The Balaban J connectivity index is 1.42. The summed E-state index contributed by atoms with van der Waals surface area (Å²) >= 11 is 0. The molecule has 0 spiro atoms. The molecule has 0 aliphatic carbocycles. The Hall–Kier alpha value is -4.58. The Bertz CT molecular complexity index is 1170. The predicted octanol–water partition coefficient (Wildman–Crippen LogP) is 6.74. The molecule has 4 rings (SSSR count). The van der Waals surface area contributed by atoms with Crippen molar-refractivity contribution in [3.8, 4) is 34.5 Å². The largest absolute Gasteiger partial charge is 0.493 e. The Labute approximate surface area is 198 Å². The minimum Gasteiger partial charge on any atom is -0.493 e. The second-order valence-electron chi connectivity index (χ2n) is 7.14. The van der Waals surface area contributed by atoms with Crippen LogP contribution in [-0.2, 0) is 0 Å². The van der Waals surface area contributed by atoms with Gasteiger partial charge in [-0.1, -0.05) is 36.4 Å². The molecule has 0 unspecified atom stereocenters. The van der Waals surface area contributed by atoms with Crippen LogP contribution in [0.25, 0.3) is 0 Å². The zero-order valence-corrected chi connectivity index (χ0v) is 18.9. The van der Waals surface area contributed by atoms with Crippen LogP contribution >= 0.6 is 0 Å². The lowest BCUT2D eigenvalue weighted by Crippen LogP contribution is -1.92. The van der Waals surface area contributed by atoms with E-state index in [0.29, 0.717) is 23.0 Å². The van der Waals surface area contributed by atoms with E-state index in [1.54, 1.807) is 26.6 Å². The molecule has 0 aromatic heterocycles. The maximum atomic E-state index is 5.89. The van der Waals surface area contributed by atoms with Gasteiger partial charge in [0.25, 0.3) is 0 Å². The number of rotatable bonds is 9. The van der Waals surface area contributed by atoms with Crippen LogP contribution < -0.4 is 18.9 Å². The average molecular weight is 453 g/mol. The molecule has 0 saturated carbocycles. The van der Waals surface area contributed by atoms with Crippen molar-refractivity contribution in [3.63, 3.8) is 0 Å². The molecule has 170 valence electrons. The van der Waals surface area contributed by atoms with E-state index in [2.05, 4.69) is 10.2 Å². The van der Waals surface area contributed by atoms with Gasteiger partial charge < -0.3 is 18.9 Å². The number of hydrogen-bond acceptors (Lipinski definition) is 6. The molecule has 4 aromatic rings. The van der Waals surface area contributed by atoms with Crippen molar-refractivity contribution in [3.05, 3.63) is 108 Å². The molecule has 0 N–H and O–H groups in total. The highest BCUT2D eigenvalue weighted by molar-refractivity contribution is 5.84. The van der Waals surface area contributed by atoms with E-state index in [1.807, 2.05) is 97.1 Å². The number of methoxy groups -OCH3 is 2. The normalized spacial score (nSPS) is 11.0. The molecule has 0 heterocycles. The fourth-order valence-electron chi connectivity index (χ4n) is 3.13. The SMILES string of the molecule is COc1cc(/C=N/N=C/c2ccc(Oc3ccccc3)c(OC)c2)ccc1Oc1ccccc1. The summed E-state index contributed by atoms with van der Waals surface area (Å²) in [5, 5.41) is 8.30. The van der Waals surface area contributed by atoms with Gasteiger partial charge in [0.1, 0.15) is 11.5 Å². The second kappa shape index (κ2) is 11.3. The number of benzene rings is 4. The number of ether oxygens (including phenoxy) is 4. The van der Waals surface area contributed by atoms with E-state index in [4.69, 9.17) is 18.9 Å². The topological polar surface area (TPSA) is 61.6 Å². The highest BCUT2D eigenvalue weighted by Crippen LogP contribution is 2.33. The molecule has 0 aliphatic heterocycles. The molecule has 0 radical (unpaired) electrons. The molecule has 0 fully saturated rings. The summed E-state index contributed by atoms with van der Waals surface area (Å²) in [7, 11) is 3.20. The third-order valence-corrected chi connectivity index (χ3v) is 4.80. The third-order valence-electron chi connectivity index (χ3n) is 4.80. The van der Waals surface area contributed by atoms with Crippen LogP contribution in [0, 0.1) is 0 Å². The van der Waals surface area contributed by atoms with Gasteiger partial charge in [-0.3, -0.25) is 0 Å². The Morgan fingerprint density at radius 3 is 1.29 bits per heavy atom. The van der Waals surface area contributed by atoms with E-state index in [1.165, 1.54) is 0 Å². The Morgan fingerprint density at radius 1 is 0.500 bits per heavy atom. The van der Waals surface area contributed by atoms with Crippen molar-refractivity contribution < 1.29 is 18.9 Å². The summed E-state index contributed by atoms with van der Waals surface area (Å²) in [4.78, 5) is 0. The molecule has 0 amide bonds. The number of hydrogen-bond donors (Lipinski definition) is 0. The fourth-order valence-corrected chi connectivity index (χ4v) is 3.13. The van der Waals surface area contributed by atoms with Gasteiger partial charge in [0, 0.05) is 0 Å². The van der Waals surface area contributed by atoms with Crippen molar-refractivity contribution in [1.82, 2.24) is 0 Å². The van der Waals surface area contributed by atoms with Gasteiger partial charge in [-0.25, -0.2) is 0 Å². The first-order valence-corrected chi connectivity index (χ1v) is 10.6. The summed E-state index contributed by atoms with van der Waals surface area (Å²) in [6.07, 6.45) is 3.30. The highest BCUT2D eigenvalue weighted by atomic mass is 16.5. The maximum Gasteiger partial charge on any atom is 0.169 e. The molecule has 0 atom stereocenters. The van der Waals surface area contributed by atoms with E-state index in [9.17, 15) is 0 Å². The average Bonchev–Trinajstić information content (AvgIpc) is 2.89. The van der Waals surface area contributed by atoms with Crippen molar-refractivity contribution in [2.45, 2.75) is 0 Å². The first-order valence-electron chi connectivity index (χ1n) is 10.6. The summed E-state index contributed by atoms with van der Waals surface area (Å²) in [6, 6.07) is 30.2. The molecule has 6 heteroatoms. The van der Waals surface area contributed by atoms with E-state index >= 15 is 0 Å². The van der Waals surface area contributed by atoms with Crippen molar-refractivity contribution in [1.29, 1.82) is 0 Å². The smallest absolute Gasteiger partial charge is 0.169 e. The van der Waals surface area contributed by atoms with Crippen LogP contribution in [0.3, 0.4) is 0 Å². The van der Waals surface area contributed by atoms with E-state index in [0.717, 1.165) is 22.6 Å². The zero-order valence-electron chi connectivity index (χ0n) is 18.9. The van der Waals surface area contributed by atoms with Gasteiger partial charge in [0.2, 0.25) is 0 Å². The summed E-state index contributed by atoms with van der Waals surface area (Å²) in [5.41, 5.74) is 1.66. The van der Waals surface area contributed by atoms with E-state index < -0.39 is 0 Å².